The number of aryl methyl sites for hydroxylation is 1. The Kier molecular flexibility index (Phi) is 2.62. The average molecular weight is 301 g/mol. The smallest absolute Gasteiger partial charge is 0.148 e. The molecule has 0 unspecified atom stereocenters. The van der Waals surface area contributed by atoms with Gasteiger partial charge in [0.15, 0.2) is 3.92 Å². The molecule has 3 rings (SSSR count). The molecule has 0 bridgehead atoms. The molecule has 1 aliphatic carbocycles. The molecule has 5 heteroatoms. The lowest BCUT2D eigenvalue weighted by Crippen LogP contribution is -1.99. The van der Waals surface area contributed by atoms with Gasteiger partial charge in [-0.3, -0.25) is 0 Å². The van der Waals surface area contributed by atoms with Gasteiger partial charge < -0.3 is 0 Å². The van der Waals surface area contributed by atoms with Crippen molar-refractivity contribution in [3.05, 3.63) is 19.7 Å². The Hall–Kier alpha value is -0.260. The van der Waals surface area contributed by atoms with E-state index in [1.807, 2.05) is 11.3 Å². The van der Waals surface area contributed by atoms with E-state index in [1.165, 1.54) is 36.8 Å². The summed E-state index contributed by atoms with van der Waals surface area (Å²) in [5, 5.41) is 11.5. The Balaban J connectivity index is 2.08. The second-order valence-electron chi connectivity index (χ2n) is 3.62. The summed E-state index contributed by atoms with van der Waals surface area (Å²) in [6, 6.07) is 0. The summed E-state index contributed by atoms with van der Waals surface area (Å²) in [5.41, 5.74) is 2.84. The zero-order chi connectivity index (χ0) is 10.3. The zero-order valence-electron chi connectivity index (χ0n) is 7.99. The number of rotatable bonds is 1. The third-order valence-corrected chi connectivity index (χ3v) is 5.17. The first-order chi connectivity index (χ1) is 7.34. The molecule has 0 N–H and O–H groups in total. The lowest BCUT2D eigenvalue weighted by molar-refractivity contribution is 0.698. The predicted octanol–water partition coefficient (Wildman–Crippen LogP) is 3.91. The van der Waals surface area contributed by atoms with Crippen LogP contribution in [0.15, 0.2) is 9.30 Å². The Morgan fingerprint density at radius 1 is 1.20 bits per heavy atom. The molecular weight excluding hydrogens is 292 g/mol. The Bertz CT molecular complexity index is 489. The van der Waals surface area contributed by atoms with Gasteiger partial charge in [-0.2, -0.15) is 0 Å². The summed E-state index contributed by atoms with van der Waals surface area (Å²) in [6.45, 7) is 0. The summed E-state index contributed by atoms with van der Waals surface area (Å²) < 4.78 is 0.869. The maximum atomic E-state index is 4.19. The van der Waals surface area contributed by atoms with Crippen LogP contribution in [0.25, 0.3) is 10.6 Å². The summed E-state index contributed by atoms with van der Waals surface area (Å²) in [5.74, 6) is 0. The molecule has 2 aromatic rings. The van der Waals surface area contributed by atoms with Gasteiger partial charge in [0.2, 0.25) is 0 Å². The summed E-state index contributed by atoms with van der Waals surface area (Å²) in [7, 11) is 0. The normalized spacial score (nSPS) is 15.3. The highest BCUT2D eigenvalue weighted by Crippen LogP contribution is 2.38. The highest BCUT2D eigenvalue weighted by molar-refractivity contribution is 9.11. The van der Waals surface area contributed by atoms with Crippen LogP contribution in [-0.2, 0) is 12.8 Å². The van der Waals surface area contributed by atoms with Gasteiger partial charge in [0.05, 0.1) is 0 Å². The van der Waals surface area contributed by atoms with Crippen LogP contribution < -0.4 is 0 Å². The van der Waals surface area contributed by atoms with Crippen LogP contribution in [0.4, 0.5) is 0 Å². The van der Waals surface area contributed by atoms with Gasteiger partial charge in [-0.25, -0.2) is 0 Å². The number of thiophene rings is 1. The molecule has 2 nitrogen and oxygen atoms in total. The third kappa shape index (κ3) is 1.77. The minimum Gasteiger partial charge on any atom is -0.148 e. The first-order valence-corrected chi connectivity index (χ1v) is 7.42. The average Bonchev–Trinajstić information content (AvgIpc) is 2.83. The van der Waals surface area contributed by atoms with E-state index in [2.05, 4.69) is 31.5 Å². The fourth-order valence-corrected chi connectivity index (χ4v) is 4.35. The van der Waals surface area contributed by atoms with E-state index in [0.717, 1.165) is 8.92 Å². The monoisotopic (exact) mass is 300 g/mol. The quantitative estimate of drug-likeness (QED) is 0.798. The molecule has 15 heavy (non-hydrogen) atoms. The number of hydrogen-bond donors (Lipinski definition) is 0. The Labute approximate surface area is 104 Å². The van der Waals surface area contributed by atoms with E-state index in [9.17, 15) is 0 Å². The van der Waals surface area contributed by atoms with E-state index in [1.54, 1.807) is 16.2 Å². The van der Waals surface area contributed by atoms with Crippen LogP contribution in [0.1, 0.15) is 23.3 Å². The minimum atomic E-state index is 0.869. The van der Waals surface area contributed by atoms with E-state index in [-0.39, 0.29) is 0 Å². The lowest BCUT2D eigenvalue weighted by atomic mass is 9.96. The molecule has 1 aliphatic rings. The molecule has 0 spiro atoms. The minimum absolute atomic E-state index is 0.869. The van der Waals surface area contributed by atoms with Crippen molar-refractivity contribution in [3.8, 4) is 10.6 Å². The fraction of sp³-hybridized carbons (Fsp3) is 0.400. The topological polar surface area (TPSA) is 25.8 Å². The molecule has 0 aromatic carbocycles. The Morgan fingerprint density at radius 2 is 2.07 bits per heavy atom. The van der Waals surface area contributed by atoms with Crippen molar-refractivity contribution < 1.29 is 0 Å². The van der Waals surface area contributed by atoms with Gasteiger partial charge in [0.1, 0.15) is 5.01 Å². The number of hydrogen-bond acceptors (Lipinski definition) is 4. The van der Waals surface area contributed by atoms with Crippen LogP contribution in [-0.4, -0.2) is 10.2 Å². The standard InChI is InChI=1S/C10H9BrN2S2/c11-10-13-12-9(15-10)7-5-14-8-4-2-1-3-6(7)8/h5H,1-4H2. The van der Waals surface area contributed by atoms with Crippen LogP contribution in [0, 0.1) is 0 Å². The molecule has 0 fully saturated rings. The summed E-state index contributed by atoms with van der Waals surface area (Å²) in [4.78, 5) is 1.56. The van der Waals surface area contributed by atoms with Gasteiger partial charge in [-0.05, 0) is 47.2 Å². The SMILES string of the molecule is Brc1nnc(-c2csc3c2CCCC3)s1. The maximum Gasteiger partial charge on any atom is 0.183 e. The van der Waals surface area contributed by atoms with Crippen molar-refractivity contribution in [1.29, 1.82) is 0 Å². The predicted molar refractivity (Wildman–Crippen MR) is 67.6 cm³/mol. The van der Waals surface area contributed by atoms with E-state index < -0.39 is 0 Å². The lowest BCUT2D eigenvalue weighted by Gasteiger charge is -2.11. The van der Waals surface area contributed by atoms with Crippen LogP contribution in [0.5, 0.6) is 0 Å². The van der Waals surface area contributed by atoms with Crippen LogP contribution in [0.3, 0.4) is 0 Å². The first kappa shape index (κ1) is 9.93. The van der Waals surface area contributed by atoms with Crippen molar-refractivity contribution in [2.75, 3.05) is 0 Å². The van der Waals surface area contributed by atoms with E-state index in [0.29, 0.717) is 0 Å². The second-order valence-corrected chi connectivity index (χ2v) is 6.84. The number of halogens is 1. The highest BCUT2D eigenvalue weighted by atomic mass is 79.9. The zero-order valence-corrected chi connectivity index (χ0v) is 11.2. The molecular formula is C10H9BrN2S2. The highest BCUT2D eigenvalue weighted by Gasteiger charge is 2.18. The van der Waals surface area contributed by atoms with Crippen molar-refractivity contribution in [3.63, 3.8) is 0 Å². The van der Waals surface area contributed by atoms with Gasteiger partial charge in [0, 0.05) is 15.8 Å². The molecule has 0 saturated heterocycles. The first-order valence-electron chi connectivity index (χ1n) is 4.93. The van der Waals surface area contributed by atoms with Gasteiger partial charge in [-0.15, -0.1) is 21.5 Å². The van der Waals surface area contributed by atoms with Crippen molar-refractivity contribution >= 4 is 38.6 Å². The van der Waals surface area contributed by atoms with Crippen molar-refractivity contribution in [1.82, 2.24) is 10.2 Å². The van der Waals surface area contributed by atoms with E-state index >= 15 is 0 Å². The maximum absolute atomic E-state index is 4.19. The molecule has 78 valence electrons. The van der Waals surface area contributed by atoms with Crippen LogP contribution in [0.2, 0.25) is 0 Å². The van der Waals surface area contributed by atoms with Gasteiger partial charge in [0.25, 0.3) is 0 Å². The van der Waals surface area contributed by atoms with Gasteiger partial charge >= 0.3 is 0 Å². The second kappa shape index (κ2) is 3.96. The van der Waals surface area contributed by atoms with Gasteiger partial charge in [-0.1, -0.05) is 11.3 Å². The molecule has 2 aromatic heterocycles. The molecule has 0 amide bonds. The number of aromatic nitrogens is 2. The Morgan fingerprint density at radius 3 is 2.87 bits per heavy atom. The summed E-state index contributed by atoms with van der Waals surface area (Å²) >= 11 is 6.86. The fourth-order valence-electron chi connectivity index (χ4n) is 1.99. The molecule has 0 aliphatic heterocycles. The number of nitrogens with zero attached hydrogens (tertiary/aromatic N) is 2. The van der Waals surface area contributed by atoms with Crippen molar-refractivity contribution in [2.24, 2.45) is 0 Å². The molecule has 0 saturated carbocycles. The van der Waals surface area contributed by atoms with E-state index in [4.69, 9.17) is 0 Å². The molecule has 2 heterocycles. The molecule has 0 radical (unpaired) electrons. The van der Waals surface area contributed by atoms with Crippen molar-refractivity contribution in [2.45, 2.75) is 25.7 Å². The molecule has 0 atom stereocenters. The largest absolute Gasteiger partial charge is 0.183 e. The van der Waals surface area contributed by atoms with Crippen LogP contribution >= 0.6 is 38.6 Å². The number of fused-ring (bicyclic) bond motifs is 1. The third-order valence-electron chi connectivity index (χ3n) is 2.69. The summed E-state index contributed by atoms with van der Waals surface area (Å²) in [6.07, 6.45) is 5.12.